The number of likely N-dealkylation sites (tertiary alicyclic amines) is 1. The number of anilines is 1. The molecule has 0 radical (unpaired) electrons. The Morgan fingerprint density at radius 3 is 2.65 bits per heavy atom. The number of hydrazone groups is 1. The Labute approximate surface area is 215 Å². The predicted molar refractivity (Wildman–Crippen MR) is 139 cm³/mol. The fourth-order valence-corrected chi connectivity index (χ4v) is 4.58. The van der Waals surface area contributed by atoms with Gasteiger partial charge in [-0.1, -0.05) is 6.07 Å². The Morgan fingerprint density at radius 2 is 1.97 bits per heavy atom. The van der Waals surface area contributed by atoms with Gasteiger partial charge in [0.25, 0.3) is 5.91 Å². The van der Waals surface area contributed by atoms with Crippen molar-refractivity contribution in [1.82, 2.24) is 19.8 Å². The maximum atomic E-state index is 13.3. The van der Waals surface area contributed by atoms with Gasteiger partial charge in [-0.05, 0) is 61.6 Å². The van der Waals surface area contributed by atoms with Crippen LogP contribution in [0.1, 0.15) is 46.9 Å². The van der Waals surface area contributed by atoms with E-state index in [1.54, 1.807) is 31.2 Å². The highest BCUT2D eigenvalue weighted by molar-refractivity contribution is 6.06. The molecule has 2 aliphatic rings. The van der Waals surface area contributed by atoms with Gasteiger partial charge < -0.3 is 30.8 Å². The third-order valence-electron chi connectivity index (χ3n) is 6.75. The summed E-state index contributed by atoms with van der Waals surface area (Å²) in [4.78, 5) is 34.4. The summed E-state index contributed by atoms with van der Waals surface area (Å²) in [5.74, 6) is 12.0. The highest BCUT2D eigenvalue weighted by atomic mass is 16.5. The second-order valence-corrected chi connectivity index (χ2v) is 9.22. The lowest BCUT2D eigenvalue weighted by Gasteiger charge is -2.32. The average Bonchev–Trinajstić information content (AvgIpc) is 3.46. The van der Waals surface area contributed by atoms with Crippen molar-refractivity contribution in [3.05, 3.63) is 52.7 Å². The first kappa shape index (κ1) is 26.2. The molecule has 12 nitrogen and oxygen atoms in total. The van der Waals surface area contributed by atoms with Crippen molar-refractivity contribution in [3.8, 4) is 5.75 Å². The maximum absolute atomic E-state index is 13.3. The van der Waals surface area contributed by atoms with Crippen LogP contribution in [0.2, 0.25) is 0 Å². The van der Waals surface area contributed by atoms with E-state index in [0.29, 0.717) is 36.5 Å². The number of urea groups is 1. The van der Waals surface area contributed by atoms with Crippen molar-refractivity contribution in [2.45, 2.75) is 38.8 Å². The predicted octanol–water partition coefficient (Wildman–Crippen LogP) is 1.09. The second kappa shape index (κ2) is 11.4. The zero-order valence-corrected chi connectivity index (χ0v) is 21.2. The molecule has 12 heteroatoms. The number of aliphatic hydroxyl groups excluding tert-OH is 1. The van der Waals surface area contributed by atoms with Gasteiger partial charge in [0, 0.05) is 26.2 Å². The molecule has 3 heterocycles. The summed E-state index contributed by atoms with van der Waals surface area (Å²) in [6.45, 7) is 4.16. The van der Waals surface area contributed by atoms with E-state index in [0.717, 1.165) is 37.1 Å². The minimum atomic E-state index is -0.445. The second-order valence-electron chi connectivity index (χ2n) is 9.22. The Balaban J connectivity index is 1.54. The number of hydrogen-bond acceptors (Lipinski definition) is 8. The molecule has 1 aromatic carbocycles. The summed E-state index contributed by atoms with van der Waals surface area (Å²) >= 11 is 0. The third-order valence-corrected chi connectivity index (χ3v) is 6.75. The van der Waals surface area contributed by atoms with Crippen molar-refractivity contribution < 1.29 is 19.4 Å². The molecule has 3 amide bonds. The van der Waals surface area contributed by atoms with Crippen LogP contribution in [0.3, 0.4) is 0 Å². The van der Waals surface area contributed by atoms with Crippen LogP contribution in [-0.2, 0) is 13.0 Å². The lowest BCUT2D eigenvalue weighted by Crippen LogP contribution is -2.47. The number of benzene rings is 1. The lowest BCUT2D eigenvalue weighted by molar-refractivity contribution is 0.102. The Hall–Kier alpha value is -3.90. The highest BCUT2D eigenvalue weighted by Crippen LogP contribution is 2.29. The van der Waals surface area contributed by atoms with Crippen LogP contribution in [-0.4, -0.2) is 82.1 Å². The fourth-order valence-electron chi connectivity index (χ4n) is 4.58. The highest BCUT2D eigenvalue weighted by Gasteiger charge is 2.28. The van der Waals surface area contributed by atoms with Crippen LogP contribution in [0.25, 0.3) is 0 Å². The number of hydrogen-bond donors (Lipinski definition) is 4. The van der Waals surface area contributed by atoms with E-state index in [4.69, 9.17) is 16.4 Å². The summed E-state index contributed by atoms with van der Waals surface area (Å²) in [5.41, 5.74) is 2.65. The fraction of sp³-hybridized carbons (Fsp3) is 0.440. The van der Waals surface area contributed by atoms with Crippen LogP contribution in [0.15, 0.2) is 35.4 Å². The largest absolute Gasteiger partial charge is 0.496 e. The first-order valence-electron chi connectivity index (χ1n) is 12.3. The number of nitrogens with two attached hydrogens (primary N) is 2. The van der Waals surface area contributed by atoms with Gasteiger partial charge in [-0.3, -0.25) is 9.80 Å². The molecular weight excluding hydrogens is 476 g/mol. The SMILES string of the molecule is COc1cc2c(cc1C(=O)Nc1cccc(/C(=N/N)N(N)C(C)CO)n1)CN(C(=O)N1CCCC1)CC2. The minimum Gasteiger partial charge on any atom is -0.496 e. The van der Waals surface area contributed by atoms with Crippen molar-refractivity contribution in [2.24, 2.45) is 16.8 Å². The summed E-state index contributed by atoms with van der Waals surface area (Å²) in [7, 11) is 1.52. The monoisotopic (exact) mass is 510 g/mol. The van der Waals surface area contributed by atoms with Crippen molar-refractivity contribution >= 4 is 23.6 Å². The van der Waals surface area contributed by atoms with Crippen molar-refractivity contribution in [3.63, 3.8) is 0 Å². The Morgan fingerprint density at radius 1 is 1.22 bits per heavy atom. The number of aliphatic hydroxyl groups is 1. The van der Waals surface area contributed by atoms with Gasteiger partial charge in [0.15, 0.2) is 5.84 Å². The molecule has 198 valence electrons. The zero-order chi connectivity index (χ0) is 26.5. The van der Waals surface area contributed by atoms with Gasteiger partial charge in [-0.15, -0.1) is 0 Å². The molecule has 1 aromatic heterocycles. The van der Waals surface area contributed by atoms with Crippen LogP contribution >= 0.6 is 0 Å². The van der Waals surface area contributed by atoms with E-state index in [1.165, 1.54) is 12.1 Å². The molecule has 2 aliphatic heterocycles. The lowest BCUT2D eigenvalue weighted by atomic mass is 9.96. The molecule has 1 unspecified atom stereocenters. The molecular formula is C25H34N8O4. The van der Waals surface area contributed by atoms with Gasteiger partial charge in [0.05, 0.1) is 25.3 Å². The molecule has 0 saturated carbocycles. The quantitative estimate of drug-likeness (QED) is 0.194. The van der Waals surface area contributed by atoms with Crippen LogP contribution < -0.4 is 21.7 Å². The summed E-state index contributed by atoms with van der Waals surface area (Å²) < 4.78 is 5.52. The topological polar surface area (TPSA) is 163 Å². The third kappa shape index (κ3) is 5.59. The number of methoxy groups -OCH3 is 1. The van der Waals surface area contributed by atoms with Crippen LogP contribution in [0, 0.1) is 0 Å². The number of aromatic nitrogens is 1. The number of nitrogens with zero attached hydrogens (tertiary/aromatic N) is 5. The Bertz CT molecular complexity index is 1180. The van der Waals surface area contributed by atoms with E-state index in [9.17, 15) is 14.7 Å². The summed E-state index contributed by atoms with van der Waals surface area (Å²) in [6.07, 6.45) is 2.77. The molecule has 1 atom stereocenters. The van der Waals surface area contributed by atoms with Crippen molar-refractivity contribution in [2.75, 3.05) is 38.7 Å². The van der Waals surface area contributed by atoms with E-state index < -0.39 is 11.9 Å². The van der Waals surface area contributed by atoms with E-state index in [1.807, 2.05) is 15.9 Å². The molecule has 4 rings (SSSR count). The Kier molecular flexibility index (Phi) is 8.09. The number of rotatable bonds is 6. The standard InChI is InChI=1S/C25H34N8O4/c1-16(15-34)33(27)23(30-26)20-6-5-7-22(28-20)29-24(35)19-12-18-14-32(25(36)31-9-3-4-10-31)11-8-17(18)13-21(19)37-2/h5-7,12-13,16,34H,3-4,8-11,14-15,26-27H2,1-2H3,(H,28,29,35)/b30-23-. The number of amides is 3. The van der Waals surface area contributed by atoms with Crippen LogP contribution in [0.5, 0.6) is 5.75 Å². The van der Waals surface area contributed by atoms with E-state index >= 15 is 0 Å². The molecule has 1 fully saturated rings. The molecule has 2 aromatic rings. The zero-order valence-electron chi connectivity index (χ0n) is 21.2. The number of ether oxygens (including phenoxy) is 1. The average molecular weight is 511 g/mol. The smallest absolute Gasteiger partial charge is 0.320 e. The normalized spacial score (nSPS) is 16.3. The molecule has 0 spiro atoms. The number of nitrogens with one attached hydrogen (secondary N) is 1. The van der Waals surface area contributed by atoms with Gasteiger partial charge >= 0.3 is 6.03 Å². The number of carbonyl (C=O) groups excluding carboxylic acids is 2. The van der Waals surface area contributed by atoms with E-state index in [2.05, 4.69) is 15.4 Å². The molecule has 0 bridgehead atoms. The molecule has 37 heavy (non-hydrogen) atoms. The number of fused-ring (bicyclic) bond motifs is 1. The number of carbonyl (C=O) groups is 2. The summed E-state index contributed by atoms with van der Waals surface area (Å²) in [5, 5.41) is 17.1. The minimum absolute atomic E-state index is 0.0489. The van der Waals surface area contributed by atoms with E-state index in [-0.39, 0.29) is 24.3 Å². The first-order chi connectivity index (χ1) is 17.9. The summed E-state index contributed by atoms with van der Waals surface area (Å²) in [6, 6.07) is 8.23. The number of hydrazine groups is 1. The van der Waals surface area contributed by atoms with Gasteiger partial charge in [0.2, 0.25) is 0 Å². The molecule has 1 saturated heterocycles. The number of pyridine rings is 1. The maximum Gasteiger partial charge on any atom is 0.320 e. The molecule has 0 aliphatic carbocycles. The van der Waals surface area contributed by atoms with Crippen LogP contribution in [0.4, 0.5) is 10.6 Å². The number of amidine groups is 1. The van der Waals surface area contributed by atoms with Gasteiger partial charge in [-0.2, -0.15) is 5.10 Å². The van der Waals surface area contributed by atoms with Gasteiger partial charge in [-0.25, -0.2) is 15.6 Å². The van der Waals surface area contributed by atoms with Crippen molar-refractivity contribution in [1.29, 1.82) is 0 Å². The first-order valence-corrected chi connectivity index (χ1v) is 12.3. The molecule has 6 N–H and O–H groups in total. The van der Waals surface area contributed by atoms with Gasteiger partial charge in [0.1, 0.15) is 17.3 Å².